The number of aliphatic hydroxyl groups excluding tert-OH is 2. The predicted molar refractivity (Wildman–Crippen MR) is 67.8 cm³/mol. The van der Waals surface area contributed by atoms with E-state index in [1.165, 1.54) is 18.2 Å². The fourth-order valence-electron chi connectivity index (χ4n) is 1.51. The first-order valence-electron chi connectivity index (χ1n) is 4.97. The van der Waals surface area contributed by atoms with E-state index in [0.717, 1.165) is 0 Å². The van der Waals surface area contributed by atoms with Gasteiger partial charge >= 0.3 is 5.97 Å². The van der Waals surface area contributed by atoms with Crippen LogP contribution < -0.4 is 0 Å². The van der Waals surface area contributed by atoms with E-state index in [2.05, 4.69) is 12.6 Å². The Morgan fingerprint density at radius 3 is 2.59 bits per heavy atom. The van der Waals surface area contributed by atoms with Crippen molar-refractivity contribution < 1.29 is 20.1 Å². The van der Waals surface area contributed by atoms with Crippen molar-refractivity contribution in [2.24, 2.45) is 0 Å². The lowest BCUT2D eigenvalue weighted by Crippen LogP contribution is -2.21. The van der Waals surface area contributed by atoms with Gasteiger partial charge in [0.15, 0.2) is 0 Å². The van der Waals surface area contributed by atoms with Crippen molar-refractivity contribution >= 4 is 30.2 Å². The Kier molecular flexibility index (Phi) is 5.27. The van der Waals surface area contributed by atoms with Crippen LogP contribution in [0.15, 0.2) is 18.2 Å². The summed E-state index contributed by atoms with van der Waals surface area (Å²) in [6.07, 6.45) is -2.18. The van der Waals surface area contributed by atoms with Crippen LogP contribution in [0, 0.1) is 0 Å². The van der Waals surface area contributed by atoms with Crippen molar-refractivity contribution in [2.45, 2.75) is 18.6 Å². The maximum absolute atomic E-state index is 11.0. The van der Waals surface area contributed by atoms with Crippen molar-refractivity contribution in [2.75, 3.05) is 5.75 Å². The molecule has 2 atom stereocenters. The third kappa shape index (κ3) is 3.35. The number of aromatic carboxylic acids is 1. The summed E-state index contributed by atoms with van der Waals surface area (Å²) < 4.78 is 0. The molecule has 0 aliphatic heterocycles. The van der Waals surface area contributed by atoms with Gasteiger partial charge in [0.1, 0.15) is 6.10 Å². The first-order chi connectivity index (χ1) is 7.99. The lowest BCUT2D eigenvalue weighted by Gasteiger charge is -2.20. The van der Waals surface area contributed by atoms with E-state index in [1.54, 1.807) is 0 Å². The summed E-state index contributed by atoms with van der Waals surface area (Å²) >= 11 is 9.80. The molecule has 0 aliphatic carbocycles. The molecule has 0 aromatic heterocycles. The summed E-state index contributed by atoms with van der Waals surface area (Å²) in [7, 11) is 0. The largest absolute Gasteiger partial charge is 0.478 e. The minimum Gasteiger partial charge on any atom is -0.478 e. The van der Waals surface area contributed by atoms with E-state index in [0.29, 0.717) is 5.75 Å². The summed E-state index contributed by atoms with van der Waals surface area (Å²) in [5.74, 6) is -0.815. The maximum atomic E-state index is 11.0. The van der Waals surface area contributed by atoms with Gasteiger partial charge in [-0.3, -0.25) is 0 Å². The molecule has 2 unspecified atom stereocenters. The van der Waals surface area contributed by atoms with Crippen molar-refractivity contribution in [3.05, 3.63) is 34.3 Å². The first kappa shape index (κ1) is 14.3. The van der Waals surface area contributed by atoms with Gasteiger partial charge in [-0.05, 0) is 24.3 Å². The van der Waals surface area contributed by atoms with Gasteiger partial charge in [0.2, 0.25) is 0 Å². The van der Waals surface area contributed by atoms with Crippen LogP contribution in [0.3, 0.4) is 0 Å². The Morgan fingerprint density at radius 1 is 1.41 bits per heavy atom. The van der Waals surface area contributed by atoms with Gasteiger partial charge in [0.05, 0.1) is 11.7 Å². The summed E-state index contributed by atoms with van der Waals surface area (Å²) in [4.78, 5) is 11.0. The van der Waals surface area contributed by atoms with Gasteiger partial charge in [-0.2, -0.15) is 12.6 Å². The summed E-state index contributed by atoms with van der Waals surface area (Å²) in [5.41, 5.74) is -0.0702. The number of hydrogen-bond acceptors (Lipinski definition) is 4. The molecule has 0 fully saturated rings. The van der Waals surface area contributed by atoms with E-state index >= 15 is 0 Å². The van der Waals surface area contributed by atoms with Crippen LogP contribution in [0.2, 0.25) is 5.02 Å². The quantitative estimate of drug-likeness (QED) is 0.618. The lowest BCUT2D eigenvalue weighted by molar-refractivity contribution is 0.0163. The zero-order valence-corrected chi connectivity index (χ0v) is 10.5. The van der Waals surface area contributed by atoms with Crippen LogP contribution in [-0.2, 0) is 0 Å². The van der Waals surface area contributed by atoms with Crippen LogP contribution >= 0.6 is 24.2 Å². The molecule has 3 N–H and O–H groups in total. The average molecular weight is 277 g/mol. The van der Waals surface area contributed by atoms with E-state index in [9.17, 15) is 15.0 Å². The van der Waals surface area contributed by atoms with Crippen molar-refractivity contribution in [1.82, 2.24) is 0 Å². The molecule has 0 saturated carbocycles. The summed E-state index contributed by atoms with van der Waals surface area (Å²) in [5, 5.41) is 28.7. The van der Waals surface area contributed by atoms with E-state index in [1.807, 2.05) is 0 Å². The highest BCUT2D eigenvalue weighted by atomic mass is 35.5. The zero-order chi connectivity index (χ0) is 13.0. The SMILES string of the molecule is O=C(O)c1cccc(Cl)c1C(O)C(O)CCS. The summed E-state index contributed by atoms with van der Waals surface area (Å²) in [6.45, 7) is 0. The normalized spacial score (nSPS) is 14.4. The van der Waals surface area contributed by atoms with Crippen LogP contribution in [-0.4, -0.2) is 33.1 Å². The molecule has 1 rings (SSSR count). The van der Waals surface area contributed by atoms with Gasteiger partial charge in [0.25, 0.3) is 0 Å². The molecule has 0 saturated heterocycles. The van der Waals surface area contributed by atoms with Gasteiger partial charge < -0.3 is 15.3 Å². The molecule has 4 nitrogen and oxygen atoms in total. The second-order valence-corrected chi connectivity index (χ2v) is 4.39. The monoisotopic (exact) mass is 276 g/mol. The van der Waals surface area contributed by atoms with E-state index in [4.69, 9.17) is 16.7 Å². The minimum atomic E-state index is -1.33. The molecule has 1 aromatic rings. The third-order valence-corrected chi connectivity index (χ3v) is 2.96. The maximum Gasteiger partial charge on any atom is 0.336 e. The van der Waals surface area contributed by atoms with Gasteiger partial charge in [-0.1, -0.05) is 17.7 Å². The van der Waals surface area contributed by atoms with Crippen LogP contribution in [0.1, 0.15) is 28.4 Å². The molecular formula is C11H13ClO4S. The Balaban J connectivity index is 3.15. The van der Waals surface area contributed by atoms with Crippen molar-refractivity contribution in [1.29, 1.82) is 0 Å². The predicted octanol–water partition coefficient (Wildman–Crippen LogP) is 1.75. The molecule has 0 amide bonds. The number of thiol groups is 1. The fraction of sp³-hybridized carbons (Fsp3) is 0.364. The minimum absolute atomic E-state index is 0.0379. The molecule has 0 bridgehead atoms. The van der Waals surface area contributed by atoms with Gasteiger partial charge in [0, 0.05) is 10.6 Å². The number of hydrogen-bond donors (Lipinski definition) is 4. The Labute approximate surface area is 109 Å². The Morgan fingerprint density at radius 2 is 2.06 bits per heavy atom. The van der Waals surface area contributed by atoms with Crippen molar-refractivity contribution in [3.8, 4) is 0 Å². The fourth-order valence-corrected chi connectivity index (χ4v) is 2.06. The zero-order valence-electron chi connectivity index (χ0n) is 8.88. The number of halogens is 1. The first-order valence-corrected chi connectivity index (χ1v) is 5.98. The van der Waals surface area contributed by atoms with E-state index < -0.39 is 18.2 Å². The standard InChI is InChI=1S/C11H13ClO4S/c12-7-3-1-2-6(11(15)16)9(7)10(14)8(13)4-5-17/h1-3,8,10,13-14,17H,4-5H2,(H,15,16). The third-order valence-electron chi connectivity index (χ3n) is 2.37. The molecule has 1 aromatic carbocycles. The highest BCUT2D eigenvalue weighted by Crippen LogP contribution is 2.30. The molecular weight excluding hydrogens is 264 g/mol. The second kappa shape index (κ2) is 6.26. The highest BCUT2D eigenvalue weighted by molar-refractivity contribution is 7.80. The number of carboxylic acid groups (broad SMARTS) is 1. The van der Waals surface area contributed by atoms with E-state index in [-0.39, 0.29) is 22.6 Å². The molecule has 94 valence electrons. The molecule has 0 heterocycles. The number of benzene rings is 1. The molecule has 0 radical (unpaired) electrons. The molecule has 0 spiro atoms. The van der Waals surface area contributed by atoms with Crippen LogP contribution in [0.5, 0.6) is 0 Å². The second-order valence-electron chi connectivity index (χ2n) is 3.53. The van der Waals surface area contributed by atoms with Gasteiger partial charge in [-0.25, -0.2) is 4.79 Å². The number of aliphatic hydroxyl groups is 2. The smallest absolute Gasteiger partial charge is 0.336 e. The Hall–Kier alpha value is -0.750. The topological polar surface area (TPSA) is 77.8 Å². The molecule has 17 heavy (non-hydrogen) atoms. The average Bonchev–Trinajstić information content (AvgIpc) is 2.28. The highest BCUT2D eigenvalue weighted by Gasteiger charge is 2.25. The number of carboxylic acids is 1. The Bertz CT molecular complexity index is 410. The van der Waals surface area contributed by atoms with Crippen LogP contribution in [0.25, 0.3) is 0 Å². The van der Waals surface area contributed by atoms with Crippen LogP contribution in [0.4, 0.5) is 0 Å². The number of rotatable bonds is 5. The lowest BCUT2D eigenvalue weighted by atomic mass is 9.97. The van der Waals surface area contributed by atoms with Crippen molar-refractivity contribution in [3.63, 3.8) is 0 Å². The molecule has 0 aliphatic rings. The summed E-state index contributed by atoms with van der Waals surface area (Å²) in [6, 6.07) is 4.28. The van der Waals surface area contributed by atoms with Gasteiger partial charge in [-0.15, -0.1) is 0 Å². The molecule has 6 heteroatoms. The number of carbonyl (C=O) groups is 1.